The second-order valence-electron chi connectivity index (χ2n) is 10.1. The van der Waals surface area contributed by atoms with Crippen LogP contribution in [0.4, 0.5) is 10.8 Å². The first-order valence-corrected chi connectivity index (χ1v) is 16.3. The predicted octanol–water partition coefficient (Wildman–Crippen LogP) is 7.28. The van der Waals surface area contributed by atoms with Crippen LogP contribution < -0.4 is 25.4 Å². The molecular weight excluding hydrogens is 633 g/mol. The molecule has 47 heavy (non-hydrogen) atoms. The minimum atomic E-state index is -0.535. The maximum atomic E-state index is 13.5. The normalized spacial score (nSPS) is 11.0. The van der Waals surface area contributed by atoms with Crippen molar-refractivity contribution in [3.63, 3.8) is 0 Å². The van der Waals surface area contributed by atoms with Crippen molar-refractivity contribution in [1.29, 1.82) is 0 Å². The summed E-state index contributed by atoms with van der Waals surface area (Å²) >= 11 is 2.80. The van der Waals surface area contributed by atoms with E-state index in [1.54, 1.807) is 60.7 Å². The summed E-state index contributed by atoms with van der Waals surface area (Å²) in [6.45, 7) is 1.98. The number of aryl methyl sites for hydroxylation is 1. The van der Waals surface area contributed by atoms with Gasteiger partial charge in [0, 0.05) is 32.2 Å². The number of thiazole rings is 1. The molecule has 0 aliphatic carbocycles. The van der Waals surface area contributed by atoms with E-state index >= 15 is 0 Å². The van der Waals surface area contributed by atoms with Gasteiger partial charge in [-0.1, -0.05) is 48.5 Å². The van der Waals surface area contributed by atoms with Crippen molar-refractivity contribution in [2.45, 2.75) is 11.8 Å². The maximum Gasteiger partial charge on any atom is 0.272 e. The highest BCUT2D eigenvalue weighted by Gasteiger charge is 2.17. The van der Waals surface area contributed by atoms with Crippen molar-refractivity contribution in [3.05, 3.63) is 125 Å². The fourth-order valence-electron chi connectivity index (χ4n) is 4.50. The van der Waals surface area contributed by atoms with Gasteiger partial charge >= 0.3 is 0 Å². The molecule has 0 radical (unpaired) electrons. The topological polar surface area (TPSA) is 119 Å². The van der Waals surface area contributed by atoms with Crippen LogP contribution in [-0.4, -0.2) is 42.7 Å². The van der Waals surface area contributed by atoms with Crippen LogP contribution >= 0.6 is 23.1 Å². The van der Waals surface area contributed by atoms with Crippen molar-refractivity contribution >= 4 is 57.7 Å². The summed E-state index contributed by atoms with van der Waals surface area (Å²) in [5, 5.41) is 9.02. The van der Waals surface area contributed by atoms with Crippen LogP contribution in [0.2, 0.25) is 0 Å². The van der Waals surface area contributed by atoms with E-state index < -0.39 is 11.8 Å². The molecule has 0 aliphatic heterocycles. The second-order valence-corrected chi connectivity index (χ2v) is 12.3. The molecular formula is C36H32N4O5S2. The molecule has 0 bridgehead atoms. The fourth-order valence-corrected chi connectivity index (χ4v) is 6.05. The number of rotatable bonds is 12. The van der Waals surface area contributed by atoms with Gasteiger partial charge in [0.25, 0.3) is 11.8 Å². The molecule has 3 N–H and O–H groups in total. The summed E-state index contributed by atoms with van der Waals surface area (Å²) in [6.07, 6.45) is 1.53. The lowest BCUT2D eigenvalue weighted by Crippen LogP contribution is -2.30. The fraction of sp³-hybridized carbons (Fsp3) is 0.111. The Morgan fingerprint density at radius 1 is 0.851 bits per heavy atom. The largest absolute Gasteiger partial charge is 0.497 e. The van der Waals surface area contributed by atoms with Crippen molar-refractivity contribution in [3.8, 4) is 22.8 Å². The number of anilines is 2. The standard InChI is InChI=1S/C36H32N4O5S2/c1-23-33(24-10-6-4-7-11-24)40-36(47-23)39-32(41)22-46-29-17-14-27(15-18-29)37-35(43)30(38-34(42)25-12-8-5-9-13-25)21-26-20-28(44-2)16-19-31(26)45-3/h4-21H,22H2,1-3H3,(H,37,43)(H,38,42)(H,39,40,41)/b30-21-. The van der Waals surface area contributed by atoms with Crippen molar-refractivity contribution in [1.82, 2.24) is 10.3 Å². The third-order valence-corrected chi connectivity index (χ3v) is 8.74. The zero-order valence-electron chi connectivity index (χ0n) is 25.9. The number of methoxy groups -OCH3 is 2. The number of ether oxygens (including phenoxy) is 2. The van der Waals surface area contributed by atoms with E-state index in [4.69, 9.17) is 9.47 Å². The summed E-state index contributed by atoms with van der Waals surface area (Å²) in [5.41, 5.74) is 3.32. The van der Waals surface area contributed by atoms with E-state index in [2.05, 4.69) is 20.9 Å². The smallest absolute Gasteiger partial charge is 0.272 e. The number of nitrogens with one attached hydrogen (secondary N) is 3. The molecule has 238 valence electrons. The van der Waals surface area contributed by atoms with Gasteiger partial charge < -0.3 is 25.4 Å². The lowest BCUT2D eigenvalue weighted by atomic mass is 10.1. The second kappa shape index (κ2) is 15.7. The van der Waals surface area contributed by atoms with Crippen molar-refractivity contribution < 1.29 is 23.9 Å². The first-order chi connectivity index (χ1) is 22.8. The highest BCUT2D eigenvalue weighted by atomic mass is 32.2. The average molecular weight is 665 g/mol. The summed E-state index contributed by atoms with van der Waals surface area (Å²) in [4.78, 5) is 45.7. The summed E-state index contributed by atoms with van der Waals surface area (Å²) in [5.74, 6) is 0.100. The Kier molecular flexibility index (Phi) is 11.1. The lowest BCUT2D eigenvalue weighted by molar-refractivity contribution is -0.114. The number of amides is 3. The molecule has 1 aromatic heterocycles. The van der Waals surface area contributed by atoms with Crippen LogP contribution in [0.25, 0.3) is 17.3 Å². The van der Waals surface area contributed by atoms with Crippen LogP contribution in [0.3, 0.4) is 0 Å². The summed E-state index contributed by atoms with van der Waals surface area (Å²) < 4.78 is 10.8. The Balaban J connectivity index is 1.24. The maximum absolute atomic E-state index is 13.5. The molecule has 9 nitrogen and oxygen atoms in total. The number of nitrogens with zero attached hydrogens (tertiary/aromatic N) is 1. The molecule has 0 saturated heterocycles. The number of carbonyl (C=O) groups is 3. The number of aromatic nitrogens is 1. The van der Waals surface area contributed by atoms with Crippen LogP contribution in [0.1, 0.15) is 20.8 Å². The van der Waals surface area contributed by atoms with Gasteiger partial charge in [-0.2, -0.15) is 0 Å². The molecule has 4 aromatic carbocycles. The van der Waals surface area contributed by atoms with Crippen LogP contribution in [0, 0.1) is 6.92 Å². The lowest BCUT2D eigenvalue weighted by Gasteiger charge is -2.13. The van der Waals surface area contributed by atoms with Crippen LogP contribution in [-0.2, 0) is 9.59 Å². The van der Waals surface area contributed by atoms with Gasteiger partial charge in [-0.15, -0.1) is 23.1 Å². The van der Waals surface area contributed by atoms with Crippen LogP contribution in [0.5, 0.6) is 11.5 Å². The molecule has 0 spiro atoms. The van der Waals surface area contributed by atoms with Gasteiger partial charge in [-0.3, -0.25) is 14.4 Å². The Bertz CT molecular complexity index is 1890. The molecule has 11 heteroatoms. The molecule has 0 aliphatic rings. The van der Waals surface area contributed by atoms with Gasteiger partial charge in [-0.05, 0) is 67.6 Å². The third-order valence-electron chi connectivity index (χ3n) is 6.84. The number of hydrogen-bond acceptors (Lipinski definition) is 8. The summed E-state index contributed by atoms with van der Waals surface area (Å²) in [6, 6.07) is 30.7. The van der Waals surface area contributed by atoms with Gasteiger partial charge in [0.2, 0.25) is 5.91 Å². The van der Waals surface area contributed by atoms with E-state index in [1.165, 1.54) is 43.4 Å². The molecule has 0 atom stereocenters. The third kappa shape index (κ3) is 8.87. The molecule has 0 fully saturated rings. The number of hydrogen-bond donors (Lipinski definition) is 3. The number of thioether (sulfide) groups is 1. The average Bonchev–Trinajstić information content (AvgIpc) is 3.47. The molecule has 0 saturated carbocycles. The van der Waals surface area contributed by atoms with Crippen LogP contribution in [0.15, 0.2) is 114 Å². The Hall–Kier alpha value is -5.39. The molecule has 5 aromatic rings. The Labute approximate surface area is 281 Å². The molecule has 5 rings (SSSR count). The number of benzene rings is 4. The van der Waals surface area contributed by atoms with E-state index in [9.17, 15) is 14.4 Å². The zero-order chi connectivity index (χ0) is 33.2. The highest BCUT2D eigenvalue weighted by Crippen LogP contribution is 2.31. The monoisotopic (exact) mass is 664 g/mol. The Morgan fingerprint density at radius 3 is 2.23 bits per heavy atom. The predicted molar refractivity (Wildman–Crippen MR) is 188 cm³/mol. The van der Waals surface area contributed by atoms with Crippen molar-refractivity contribution in [2.75, 3.05) is 30.6 Å². The number of carbonyl (C=O) groups excluding carboxylic acids is 3. The van der Waals surface area contributed by atoms with E-state index in [0.717, 1.165) is 21.0 Å². The first-order valence-electron chi connectivity index (χ1n) is 14.5. The highest BCUT2D eigenvalue weighted by molar-refractivity contribution is 8.00. The molecule has 1 heterocycles. The first kappa shape index (κ1) is 33.0. The molecule has 3 amide bonds. The minimum absolute atomic E-state index is 0.00775. The quantitative estimate of drug-likeness (QED) is 0.0948. The van der Waals surface area contributed by atoms with E-state index in [0.29, 0.717) is 33.4 Å². The molecule has 0 unspecified atom stereocenters. The van der Waals surface area contributed by atoms with Gasteiger partial charge in [0.05, 0.1) is 25.7 Å². The van der Waals surface area contributed by atoms with Gasteiger partial charge in [0.1, 0.15) is 17.2 Å². The zero-order valence-corrected chi connectivity index (χ0v) is 27.5. The summed E-state index contributed by atoms with van der Waals surface area (Å²) in [7, 11) is 3.06. The minimum Gasteiger partial charge on any atom is -0.497 e. The SMILES string of the molecule is COc1ccc(OC)c(/C=C(\NC(=O)c2ccccc2)C(=O)Nc2ccc(SCC(=O)Nc3nc(-c4ccccc4)c(C)s3)cc2)c1. The van der Waals surface area contributed by atoms with Crippen molar-refractivity contribution in [2.24, 2.45) is 0 Å². The van der Waals surface area contributed by atoms with Gasteiger partial charge in [0.15, 0.2) is 5.13 Å². The van der Waals surface area contributed by atoms with Gasteiger partial charge in [-0.25, -0.2) is 4.98 Å². The van der Waals surface area contributed by atoms with E-state index in [-0.39, 0.29) is 17.4 Å². The Morgan fingerprint density at radius 2 is 1.55 bits per heavy atom. The van der Waals surface area contributed by atoms with E-state index in [1.807, 2.05) is 49.4 Å².